The van der Waals surface area contributed by atoms with Gasteiger partial charge in [0.15, 0.2) is 0 Å². The van der Waals surface area contributed by atoms with E-state index in [0.717, 1.165) is 11.8 Å². The fraction of sp³-hybridized carbons (Fsp3) is 0.407. The number of benzene rings is 1. The molecule has 2 aromatic rings. The molecule has 0 saturated carbocycles. The van der Waals surface area contributed by atoms with Gasteiger partial charge < -0.3 is 16.0 Å². The van der Waals surface area contributed by atoms with E-state index in [1.807, 2.05) is 17.9 Å². The molecule has 0 aliphatic carbocycles. The second kappa shape index (κ2) is 14.1. The summed E-state index contributed by atoms with van der Waals surface area (Å²) in [5, 5.41) is 31.1. The maximum Gasteiger partial charge on any atom is 0.243 e. The van der Waals surface area contributed by atoms with Crippen LogP contribution in [0.3, 0.4) is 0 Å². The molecule has 1 aromatic carbocycles. The number of pyridine rings is 1. The minimum Gasteiger partial charge on any atom is -0.368 e. The first-order valence-corrected chi connectivity index (χ1v) is 13.6. The summed E-state index contributed by atoms with van der Waals surface area (Å²) in [4.78, 5) is 42.4. The van der Waals surface area contributed by atoms with Crippen LogP contribution in [0.25, 0.3) is 0 Å². The molecule has 1 aliphatic heterocycles. The molecular formula is C27H31N7O4S. The SMILES string of the molecule is CCc1c(C#N)c(SC(C(N)=O)c2ccccc2)nc(N2CCC(NC(=O)CCCC(=O)NO)CC2)c1C#N. The van der Waals surface area contributed by atoms with Crippen LogP contribution >= 0.6 is 11.8 Å². The van der Waals surface area contributed by atoms with E-state index >= 15 is 0 Å². The predicted octanol–water partition coefficient (Wildman–Crippen LogP) is 2.47. The summed E-state index contributed by atoms with van der Waals surface area (Å²) in [6, 6.07) is 13.4. The average Bonchev–Trinajstić information content (AvgIpc) is 2.95. The number of nitriles is 2. The molecule has 1 aliphatic rings. The van der Waals surface area contributed by atoms with Crippen molar-refractivity contribution >= 4 is 35.3 Å². The van der Waals surface area contributed by atoms with Crippen LogP contribution in [0.1, 0.15) is 66.5 Å². The van der Waals surface area contributed by atoms with E-state index in [-0.39, 0.29) is 30.4 Å². The minimum absolute atomic E-state index is 0.0602. The quantitative estimate of drug-likeness (QED) is 0.186. The number of anilines is 1. The van der Waals surface area contributed by atoms with E-state index in [9.17, 15) is 24.9 Å². The van der Waals surface area contributed by atoms with Crippen molar-refractivity contribution in [1.29, 1.82) is 10.5 Å². The highest BCUT2D eigenvalue weighted by Gasteiger charge is 2.29. The Morgan fingerprint density at radius 2 is 1.77 bits per heavy atom. The molecule has 3 rings (SSSR count). The van der Waals surface area contributed by atoms with Gasteiger partial charge in [-0.2, -0.15) is 10.5 Å². The third-order valence-corrected chi connectivity index (χ3v) is 7.77. The number of rotatable bonds is 11. The first kappa shape index (κ1) is 29.4. The molecule has 39 heavy (non-hydrogen) atoms. The van der Waals surface area contributed by atoms with Crippen molar-refractivity contribution in [2.75, 3.05) is 18.0 Å². The lowest BCUT2D eigenvalue weighted by Crippen LogP contribution is -2.45. The monoisotopic (exact) mass is 549 g/mol. The smallest absolute Gasteiger partial charge is 0.243 e. The minimum atomic E-state index is -0.763. The first-order chi connectivity index (χ1) is 18.8. The Balaban J connectivity index is 1.81. The first-order valence-electron chi connectivity index (χ1n) is 12.7. The zero-order chi connectivity index (χ0) is 28.4. The Morgan fingerprint density at radius 1 is 1.13 bits per heavy atom. The van der Waals surface area contributed by atoms with Crippen LogP contribution in [0.4, 0.5) is 5.82 Å². The highest BCUT2D eigenvalue weighted by molar-refractivity contribution is 8.00. The number of carbonyl (C=O) groups is 3. The van der Waals surface area contributed by atoms with Crippen molar-refractivity contribution in [1.82, 2.24) is 15.8 Å². The van der Waals surface area contributed by atoms with Gasteiger partial charge in [0.25, 0.3) is 0 Å². The summed E-state index contributed by atoms with van der Waals surface area (Å²) in [5.74, 6) is -0.811. The van der Waals surface area contributed by atoms with Crippen LogP contribution in [0.2, 0.25) is 0 Å². The van der Waals surface area contributed by atoms with E-state index in [1.165, 1.54) is 0 Å². The molecule has 1 fully saturated rings. The van der Waals surface area contributed by atoms with Gasteiger partial charge in [-0.1, -0.05) is 49.0 Å². The summed E-state index contributed by atoms with van der Waals surface area (Å²) in [7, 11) is 0. The Hall–Kier alpha value is -4.13. The number of piperidine rings is 1. The van der Waals surface area contributed by atoms with Crippen molar-refractivity contribution in [3.63, 3.8) is 0 Å². The molecule has 0 bridgehead atoms. The maximum absolute atomic E-state index is 12.4. The van der Waals surface area contributed by atoms with Crippen molar-refractivity contribution in [2.45, 2.75) is 61.8 Å². The lowest BCUT2D eigenvalue weighted by atomic mass is 9.99. The van der Waals surface area contributed by atoms with Gasteiger partial charge in [0.05, 0.1) is 11.1 Å². The molecule has 2 heterocycles. The number of carbonyl (C=O) groups excluding carboxylic acids is 3. The predicted molar refractivity (Wildman–Crippen MR) is 144 cm³/mol. The number of nitrogens with two attached hydrogens (primary N) is 1. The van der Waals surface area contributed by atoms with Gasteiger partial charge in [-0.05, 0) is 36.8 Å². The fourth-order valence-corrected chi connectivity index (χ4v) is 5.59. The van der Waals surface area contributed by atoms with Gasteiger partial charge in [0.2, 0.25) is 17.7 Å². The zero-order valence-electron chi connectivity index (χ0n) is 21.6. The van der Waals surface area contributed by atoms with Gasteiger partial charge in [0, 0.05) is 32.0 Å². The van der Waals surface area contributed by atoms with E-state index in [4.69, 9.17) is 15.9 Å². The summed E-state index contributed by atoms with van der Waals surface area (Å²) < 4.78 is 0. The second-order valence-electron chi connectivity index (χ2n) is 9.07. The Bertz CT molecular complexity index is 1280. The average molecular weight is 550 g/mol. The van der Waals surface area contributed by atoms with Gasteiger partial charge in [-0.15, -0.1) is 0 Å². The highest BCUT2D eigenvalue weighted by atomic mass is 32.2. The van der Waals surface area contributed by atoms with E-state index in [1.54, 1.807) is 29.7 Å². The molecule has 12 heteroatoms. The molecule has 1 saturated heterocycles. The number of nitrogens with one attached hydrogen (secondary N) is 2. The normalized spacial score (nSPS) is 14.1. The van der Waals surface area contributed by atoms with E-state index < -0.39 is 17.1 Å². The Morgan fingerprint density at radius 3 is 2.33 bits per heavy atom. The van der Waals surface area contributed by atoms with Crippen LogP contribution in [-0.2, 0) is 20.8 Å². The van der Waals surface area contributed by atoms with Crippen LogP contribution in [0.5, 0.6) is 0 Å². The number of hydroxylamine groups is 1. The van der Waals surface area contributed by atoms with Crippen molar-refractivity contribution < 1.29 is 19.6 Å². The van der Waals surface area contributed by atoms with Gasteiger partial charge in [0.1, 0.15) is 28.2 Å². The highest BCUT2D eigenvalue weighted by Crippen LogP contribution is 2.39. The molecular weight excluding hydrogens is 518 g/mol. The van der Waals surface area contributed by atoms with Crippen LogP contribution in [0.15, 0.2) is 35.4 Å². The molecule has 5 N–H and O–H groups in total. The molecule has 1 unspecified atom stereocenters. The molecule has 3 amide bonds. The molecule has 1 atom stereocenters. The number of primary amides is 1. The van der Waals surface area contributed by atoms with Crippen LogP contribution in [-0.4, -0.2) is 47.0 Å². The zero-order valence-corrected chi connectivity index (χ0v) is 22.5. The van der Waals surface area contributed by atoms with Gasteiger partial charge in [-0.25, -0.2) is 10.5 Å². The molecule has 204 valence electrons. The number of amides is 3. The number of hydrogen-bond donors (Lipinski definition) is 4. The third kappa shape index (κ3) is 7.47. The van der Waals surface area contributed by atoms with Gasteiger partial charge >= 0.3 is 0 Å². The molecule has 11 nitrogen and oxygen atoms in total. The van der Waals surface area contributed by atoms with Crippen molar-refractivity contribution in [3.05, 3.63) is 52.6 Å². The van der Waals surface area contributed by atoms with E-state index in [0.29, 0.717) is 66.3 Å². The fourth-order valence-electron chi connectivity index (χ4n) is 4.53. The molecule has 0 radical (unpaired) electrons. The maximum atomic E-state index is 12.4. The van der Waals surface area contributed by atoms with Crippen molar-refractivity contribution in [3.8, 4) is 12.1 Å². The number of aromatic nitrogens is 1. The standard InChI is InChI=1S/C27H31N7O4S/c1-2-19-20(15-28)26(34-13-11-18(12-14-34)31-22(35)9-6-10-23(36)33-38)32-27(21(19)16-29)39-24(25(30)37)17-7-4-3-5-8-17/h3-5,7-8,18,24,38H,2,6,9-14H2,1H3,(H2,30,37)(H,31,35)(H,33,36). The summed E-state index contributed by atoms with van der Waals surface area (Å²) >= 11 is 1.10. The Kier molecular flexibility index (Phi) is 10.7. The topological polar surface area (TPSA) is 185 Å². The number of hydrogen-bond acceptors (Lipinski definition) is 9. The number of nitrogens with zero attached hydrogens (tertiary/aromatic N) is 4. The Labute approximate surface area is 231 Å². The molecule has 0 spiro atoms. The second-order valence-corrected chi connectivity index (χ2v) is 10.2. The lowest BCUT2D eigenvalue weighted by Gasteiger charge is -2.34. The summed E-state index contributed by atoms with van der Waals surface area (Å²) in [5.41, 5.74) is 9.14. The largest absolute Gasteiger partial charge is 0.368 e. The van der Waals surface area contributed by atoms with Crippen LogP contribution < -0.4 is 21.4 Å². The third-order valence-electron chi connectivity index (χ3n) is 6.51. The van der Waals surface area contributed by atoms with E-state index in [2.05, 4.69) is 17.5 Å². The van der Waals surface area contributed by atoms with Crippen molar-refractivity contribution in [2.24, 2.45) is 5.73 Å². The van der Waals surface area contributed by atoms with Crippen LogP contribution in [0, 0.1) is 22.7 Å². The summed E-state index contributed by atoms with van der Waals surface area (Å²) in [6.45, 7) is 2.91. The molecule has 1 aromatic heterocycles. The lowest BCUT2D eigenvalue weighted by molar-refractivity contribution is -0.129. The van der Waals surface area contributed by atoms with Gasteiger partial charge in [-0.3, -0.25) is 19.6 Å². The summed E-state index contributed by atoms with van der Waals surface area (Å²) in [6.07, 6.45) is 2.23. The number of thioether (sulfide) groups is 1.